The second-order valence-electron chi connectivity index (χ2n) is 5.02. The molecule has 1 atom stereocenters. The van der Waals surface area contributed by atoms with Crippen molar-refractivity contribution in [3.05, 3.63) is 65.5 Å². The molecule has 0 bridgehead atoms. The number of hydrogen-bond acceptors (Lipinski definition) is 3. The average Bonchev–Trinajstić information content (AvgIpc) is 2.91. The molecule has 0 spiro atoms. The second-order valence-corrected chi connectivity index (χ2v) is 5.02. The third kappa shape index (κ3) is 2.52. The van der Waals surface area contributed by atoms with Crippen LogP contribution in [0.4, 0.5) is 4.39 Å². The summed E-state index contributed by atoms with van der Waals surface area (Å²) < 4.78 is 16.0. The minimum absolute atomic E-state index is 0.213. The molecule has 0 radical (unpaired) electrons. The Morgan fingerprint density at radius 1 is 1.29 bits per heavy atom. The summed E-state index contributed by atoms with van der Waals surface area (Å²) in [5.41, 5.74) is 3.47. The minimum atomic E-state index is -0.239. The molecule has 1 unspecified atom stereocenters. The van der Waals surface area contributed by atoms with Gasteiger partial charge in [0.2, 0.25) is 0 Å². The molecule has 21 heavy (non-hydrogen) atoms. The first-order valence-corrected chi connectivity index (χ1v) is 6.97. The normalized spacial score (nSPS) is 12.7. The fraction of sp³-hybridized carbons (Fsp3) is 0.250. The summed E-state index contributed by atoms with van der Waals surface area (Å²) in [6, 6.07) is 4.93. The van der Waals surface area contributed by atoms with Crippen LogP contribution in [-0.4, -0.2) is 21.1 Å². The van der Waals surface area contributed by atoms with E-state index in [4.69, 9.17) is 0 Å². The maximum absolute atomic E-state index is 14.3. The van der Waals surface area contributed by atoms with Crippen LogP contribution in [0.2, 0.25) is 0 Å². The van der Waals surface area contributed by atoms with Gasteiger partial charge in [-0.2, -0.15) is 5.10 Å². The lowest BCUT2D eigenvalue weighted by Crippen LogP contribution is -2.23. The topological polar surface area (TPSA) is 42.2 Å². The van der Waals surface area contributed by atoms with Gasteiger partial charge in [-0.1, -0.05) is 24.6 Å². The molecule has 1 aromatic carbocycles. The Bertz CT molecular complexity index is 766. The van der Waals surface area contributed by atoms with Gasteiger partial charge in [0.1, 0.15) is 5.82 Å². The zero-order valence-corrected chi connectivity index (χ0v) is 12.0. The molecule has 0 aliphatic carbocycles. The quantitative estimate of drug-likeness (QED) is 0.801. The monoisotopic (exact) mass is 284 g/mol. The summed E-state index contributed by atoms with van der Waals surface area (Å²) >= 11 is 0. The van der Waals surface area contributed by atoms with Gasteiger partial charge in [-0.05, 0) is 19.5 Å². The van der Waals surface area contributed by atoms with E-state index in [1.54, 1.807) is 35.4 Å². The number of halogens is 1. The van der Waals surface area contributed by atoms with E-state index in [-0.39, 0.29) is 11.9 Å². The highest BCUT2D eigenvalue weighted by molar-refractivity contribution is 5.56. The number of benzene rings is 1. The van der Waals surface area contributed by atoms with Crippen molar-refractivity contribution in [3.8, 4) is 0 Å². The van der Waals surface area contributed by atoms with Gasteiger partial charge in [0, 0.05) is 23.5 Å². The molecule has 1 N–H and O–H groups in total. The van der Waals surface area contributed by atoms with Crippen molar-refractivity contribution in [1.29, 1.82) is 0 Å². The molecule has 2 aromatic heterocycles. The number of fused-ring (bicyclic) bond motifs is 1. The predicted octanol–water partition coefficient (Wildman–Crippen LogP) is 2.88. The summed E-state index contributed by atoms with van der Waals surface area (Å²) in [5, 5.41) is 7.65. The smallest absolute Gasteiger partial charge is 0.128 e. The summed E-state index contributed by atoms with van der Waals surface area (Å²) in [4.78, 5) is 4.14. The standard InChI is InChI=1S/C16H17FN4/c1-3-19-16(12-8-11(2)4-5-14(12)17)13-9-20-21-7-6-18-10-15(13)21/h4-10,16,19H,3H2,1-2H3. The lowest BCUT2D eigenvalue weighted by molar-refractivity contribution is 0.560. The molecule has 0 amide bonds. The van der Waals surface area contributed by atoms with Crippen molar-refractivity contribution in [3.63, 3.8) is 0 Å². The number of nitrogens with one attached hydrogen (secondary N) is 1. The van der Waals surface area contributed by atoms with Crippen molar-refractivity contribution in [2.75, 3.05) is 6.54 Å². The van der Waals surface area contributed by atoms with Crippen LogP contribution in [0.25, 0.3) is 5.52 Å². The van der Waals surface area contributed by atoms with Crippen LogP contribution in [0, 0.1) is 12.7 Å². The second kappa shape index (κ2) is 5.61. The molecular formula is C16H17FN4. The van der Waals surface area contributed by atoms with Gasteiger partial charge in [0.05, 0.1) is 24.0 Å². The molecule has 108 valence electrons. The van der Waals surface area contributed by atoms with Crippen LogP contribution in [0.3, 0.4) is 0 Å². The molecule has 5 heteroatoms. The van der Waals surface area contributed by atoms with E-state index in [0.717, 1.165) is 23.2 Å². The van der Waals surface area contributed by atoms with E-state index in [1.165, 1.54) is 6.07 Å². The third-order valence-electron chi connectivity index (χ3n) is 3.54. The molecule has 0 fully saturated rings. The van der Waals surface area contributed by atoms with Gasteiger partial charge < -0.3 is 5.32 Å². The Kier molecular flexibility index (Phi) is 3.66. The minimum Gasteiger partial charge on any atom is -0.306 e. The Morgan fingerprint density at radius 3 is 2.95 bits per heavy atom. The van der Waals surface area contributed by atoms with Crippen LogP contribution in [0.1, 0.15) is 29.7 Å². The lowest BCUT2D eigenvalue weighted by atomic mass is 9.98. The van der Waals surface area contributed by atoms with Crippen molar-refractivity contribution in [1.82, 2.24) is 19.9 Å². The van der Waals surface area contributed by atoms with Crippen molar-refractivity contribution < 1.29 is 4.39 Å². The molecule has 0 aliphatic heterocycles. The molecule has 0 saturated carbocycles. The number of nitrogens with zero attached hydrogens (tertiary/aromatic N) is 3. The van der Waals surface area contributed by atoms with E-state index in [9.17, 15) is 4.39 Å². The largest absolute Gasteiger partial charge is 0.306 e. The van der Waals surface area contributed by atoms with Crippen molar-refractivity contribution in [2.45, 2.75) is 19.9 Å². The van der Waals surface area contributed by atoms with Gasteiger partial charge in [-0.3, -0.25) is 4.98 Å². The highest BCUT2D eigenvalue weighted by Crippen LogP contribution is 2.28. The lowest BCUT2D eigenvalue weighted by Gasteiger charge is -2.18. The Morgan fingerprint density at radius 2 is 2.14 bits per heavy atom. The number of rotatable bonds is 4. The molecule has 0 aliphatic rings. The Hall–Kier alpha value is -2.27. The first-order chi connectivity index (χ1) is 10.2. The Labute approximate surface area is 122 Å². The highest BCUT2D eigenvalue weighted by Gasteiger charge is 2.21. The average molecular weight is 284 g/mol. The molecule has 0 saturated heterocycles. The van der Waals surface area contributed by atoms with Gasteiger partial charge >= 0.3 is 0 Å². The van der Waals surface area contributed by atoms with E-state index < -0.39 is 0 Å². The molecule has 2 heterocycles. The van der Waals surface area contributed by atoms with Crippen molar-refractivity contribution in [2.24, 2.45) is 0 Å². The fourth-order valence-corrected chi connectivity index (χ4v) is 2.55. The zero-order valence-electron chi connectivity index (χ0n) is 12.0. The SMILES string of the molecule is CCNC(c1cc(C)ccc1F)c1cnn2ccncc12. The van der Waals surface area contributed by atoms with E-state index in [2.05, 4.69) is 15.4 Å². The van der Waals surface area contributed by atoms with Gasteiger partial charge in [-0.25, -0.2) is 8.91 Å². The van der Waals surface area contributed by atoms with Crippen LogP contribution >= 0.6 is 0 Å². The van der Waals surface area contributed by atoms with Crippen molar-refractivity contribution >= 4 is 5.52 Å². The van der Waals surface area contributed by atoms with Gasteiger partial charge in [0.25, 0.3) is 0 Å². The number of aryl methyl sites for hydroxylation is 1. The summed E-state index contributed by atoms with van der Waals surface area (Å²) in [5.74, 6) is -0.213. The van der Waals surface area contributed by atoms with Crippen LogP contribution in [0.5, 0.6) is 0 Å². The fourth-order valence-electron chi connectivity index (χ4n) is 2.55. The molecule has 3 rings (SSSR count). The number of hydrogen-bond donors (Lipinski definition) is 1. The van der Waals surface area contributed by atoms with E-state index in [0.29, 0.717) is 5.56 Å². The first kappa shape index (κ1) is 13.7. The summed E-state index contributed by atoms with van der Waals surface area (Å²) in [6.45, 7) is 4.70. The first-order valence-electron chi connectivity index (χ1n) is 6.97. The highest BCUT2D eigenvalue weighted by atomic mass is 19.1. The predicted molar refractivity (Wildman–Crippen MR) is 79.6 cm³/mol. The van der Waals surface area contributed by atoms with Crippen LogP contribution in [-0.2, 0) is 0 Å². The van der Waals surface area contributed by atoms with E-state index >= 15 is 0 Å². The van der Waals surface area contributed by atoms with Gasteiger partial charge in [-0.15, -0.1) is 0 Å². The van der Waals surface area contributed by atoms with Crippen LogP contribution < -0.4 is 5.32 Å². The molecule has 4 nitrogen and oxygen atoms in total. The summed E-state index contributed by atoms with van der Waals surface area (Å²) in [7, 11) is 0. The Balaban J connectivity index is 2.15. The van der Waals surface area contributed by atoms with Crippen LogP contribution in [0.15, 0.2) is 43.0 Å². The maximum atomic E-state index is 14.3. The zero-order chi connectivity index (χ0) is 14.8. The third-order valence-corrected chi connectivity index (χ3v) is 3.54. The molecule has 3 aromatic rings. The molecular weight excluding hydrogens is 267 g/mol. The summed E-state index contributed by atoms with van der Waals surface area (Å²) in [6.07, 6.45) is 6.99. The number of aromatic nitrogens is 3. The van der Waals surface area contributed by atoms with Gasteiger partial charge in [0.15, 0.2) is 0 Å². The maximum Gasteiger partial charge on any atom is 0.128 e. The van der Waals surface area contributed by atoms with E-state index in [1.807, 2.05) is 19.9 Å².